The van der Waals surface area contributed by atoms with Gasteiger partial charge in [0, 0.05) is 39.3 Å². The molecule has 0 saturated heterocycles. The maximum atomic E-state index is 12.9. The fraction of sp³-hybridized carbons (Fsp3) is 0.909. The molecule has 10 heteroatoms. The van der Waals surface area contributed by atoms with E-state index in [1.165, 1.54) is 103 Å². The molecule has 0 rings (SSSR count). The molecule has 0 radical (unpaired) electrons. The minimum absolute atomic E-state index is 0.0346. The molecule has 0 unspecified atom stereocenters. The molecule has 0 aliphatic carbocycles. The molecule has 0 aliphatic heterocycles. The van der Waals surface area contributed by atoms with E-state index in [-0.39, 0.29) is 50.1 Å². The van der Waals surface area contributed by atoms with Crippen molar-refractivity contribution in [1.29, 1.82) is 0 Å². The highest BCUT2D eigenvalue weighted by Gasteiger charge is 2.16. The summed E-state index contributed by atoms with van der Waals surface area (Å²) in [5, 5.41) is 5.67. The molecule has 0 atom stereocenters. The summed E-state index contributed by atoms with van der Waals surface area (Å²) in [6.45, 7) is 12.4. The smallest absolute Gasteiger partial charge is 0.248 e. The number of rotatable bonds is 41. The van der Waals surface area contributed by atoms with Gasteiger partial charge < -0.3 is 29.9 Å². The highest BCUT2D eigenvalue weighted by Crippen LogP contribution is 2.11. The third-order valence-corrected chi connectivity index (χ3v) is 10.00. The molecule has 0 aromatic rings. The van der Waals surface area contributed by atoms with Gasteiger partial charge in [0.05, 0.1) is 0 Å². The maximum Gasteiger partial charge on any atom is 0.248 e. The number of carbonyl (C=O) groups is 4. The van der Waals surface area contributed by atoms with Crippen molar-refractivity contribution in [3.8, 4) is 0 Å². The molecular weight excluding hydrogens is 681 g/mol. The molecular formula is C44H86N4O6. The molecule has 0 saturated carbocycles. The molecule has 2 N–H and O–H groups in total. The molecule has 0 spiro atoms. The first-order valence-corrected chi connectivity index (χ1v) is 22.6. The van der Waals surface area contributed by atoms with Crippen molar-refractivity contribution in [3.05, 3.63) is 0 Å². The van der Waals surface area contributed by atoms with Crippen LogP contribution in [0, 0.1) is 0 Å². The SMILES string of the molecule is CCCCCCCCN(CCCCCCCC)C(=O)COCC(=O)NCCCCNC(=O)COCC(=O)N(CCCCCCCC)CCCCCCCC. The zero-order valence-electron chi connectivity index (χ0n) is 35.8. The summed E-state index contributed by atoms with van der Waals surface area (Å²) in [5.74, 6) is -0.559. The Morgan fingerprint density at radius 2 is 0.611 bits per heavy atom. The molecule has 318 valence electrons. The number of amides is 4. The number of hydrogen-bond donors (Lipinski definition) is 2. The standard InChI is InChI=1S/C44H86N4O6/c1-5-9-13-17-21-27-33-47(34-28-22-18-14-10-6-2)43(51)39-53-37-41(49)45-31-25-26-32-46-42(50)38-54-40-44(52)48(35-29-23-19-15-11-7-3)36-30-24-20-16-12-8-4/h5-40H2,1-4H3,(H,45,49)(H,46,50). The Morgan fingerprint density at radius 1 is 0.352 bits per heavy atom. The maximum absolute atomic E-state index is 12.9. The van der Waals surface area contributed by atoms with Gasteiger partial charge in [-0.15, -0.1) is 0 Å². The quantitative estimate of drug-likeness (QED) is 0.0600. The highest BCUT2D eigenvalue weighted by molar-refractivity contribution is 5.80. The number of nitrogens with zero attached hydrogens (tertiary/aromatic N) is 2. The van der Waals surface area contributed by atoms with Crippen LogP contribution >= 0.6 is 0 Å². The van der Waals surface area contributed by atoms with Crippen molar-refractivity contribution >= 4 is 23.6 Å². The number of ether oxygens (including phenoxy) is 2. The monoisotopic (exact) mass is 767 g/mol. The summed E-state index contributed by atoms with van der Waals surface area (Å²) in [4.78, 5) is 54.3. The first-order chi connectivity index (χ1) is 26.4. The van der Waals surface area contributed by atoms with E-state index >= 15 is 0 Å². The van der Waals surface area contributed by atoms with Gasteiger partial charge in [-0.2, -0.15) is 0 Å². The van der Waals surface area contributed by atoms with E-state index in [2.05, 4.69) is 38.3 Å². The Bertz CT molecular complexity index is 787. The second kappa shape index (κ2) is 40.5. The van der Waals surface area contributed by atoms with Gasteiger partial charge in [0.25, 0.3) is 0 Å². The molecule has 54 heavy (non-hydrogen) atoms. The van der Waals surface area contributed by atoms with Crippen LogP contribution in [0.15, 0.2) is 0 Å². The molecule has 4 amide bonds. The Balaban J connectivity index is 4.25. The van der Waals surface area contributed by atoms with E-state index in [0.29, 0.717) is 25.9 Å². The number of unbranched alkanes of at least 4 members (excludes halogenated alkanes) is 21. The Labute approximate surface area is 332 Å². The first-order valence-electron chi connectivity index (χ1n) is 22.6. The van der Waals surface area contributed by atoms with Gasteiger partial charge in [0.15, 0.2) is 0 Å². The van der Waals surface area contributed by atoms with Crippen molar-refractivity contribution < 1.29 is 28.7 Å². The Hall–Kier alpha value is -2.20. The van der Waals surface area contributed by atoms with E-state index in [9.17, 15) is 19.2 Å². The van der Waals surface area contributed by atoms with Gasteiger partial charge in [0.1, 0.15) is 26.4 Å². The second-order valence-corrected chi connectivity index (χ2v) is 15.2. The van der Waals surface area contributed by atoms with E-state index in [4.69, 9.17) is 9.47 Å². The summed E-state index contributed by atoms with van der Waals surface area (Å²) >= 11 is 0. The first kappa shape index (κ1) is 51.8. The number of nitrogens with one attached hydrogen (secondary N) is 2. The lowest BCUT2D eigenvalue weighted by Gasteiger charge is -2.23. The Morgan fingerprint density at radius 3 is 0.889 bits per heavy atom. The van der Waals surface area contributed by atoms with Crippen LogP contribution in [0.25, 0.3) is 0 Å². The van der Waals surface area contributed by atoms with Gasteiger partial charge in [-0.3, -0.25) is 19.2 Å². The fourth-order valence-corrected chi connectivity index (χ4v) is 6.51. The lowest BCUT2D eigenvalue weighted by molar-refractivity contribution is -0.139. The van der Waals surface area contributed by atoms with E-state index in [1.54, 1.807) is 0 Å². The minimum Gasteiger partial charge on any atom is -0.362 e. The van der Waals surface area contributed by atoms with Crippen LogP contribution in [0.3, 0.4) is 0 Å². The van der Waals surface area contributed by atoms with Crippen LogP contribution in [-0.4, -0.2) is 99.1 Å². The third kappa shape index (κ3) is 34.3. The zero-order valence-corrected chi connectivity index (χ0v) is 35.8. The van der Waals surface area contributed by atoms with Crippen molar-refractivity contribution in [2.45, 2.75) is 195 Å². The largest absolute Gasteiger partial charge is 0.362 e. The Kier molecular flexibility index (Phi) is 38.8. The van der Waals surface area contributed by atoms with Crippen molar-refractivity contribution in [1.82, 2.24) is 20.4 Å². The van der Waals surface area contributed by atoms with Gasteiger partial charge in [-0.05, 0) is 38.5 Å². The fourth-order valence-electron chi connectivity index (χ4n) is 6.51. The van der Waals surface area contributed by atoms with Gasteiger partial charge in [-0.25, -0.2) is 0 Å². The van der Waals surface area contributed by atoms with Crippen LogP contribution in [0.5, 0.6) is 0 Å². The van der Waals surface area contributed by atoms with Crippen molar-refractivity contribution in [3.63, 3.8) is 0 Å². The third-order valence-electron chi connectivity index (χ3n) is 10.00. The topological polar surface area (TPSA) is 117 Å². The summed E-state index contributed by atoms with van der Waals surface area (Å²) in [6.07, 6.45) is 29.8. The van der Waals surface area contributed by atoms with Gasteiger partial charge in [0.2, 0.25) is 23.6 Å². The van der Waals surface area contributed by atoms with E-state index in [1.807, 2.05) is 9.80 Å². The van der Waals surface area contributed by atoms with Crippen LogP contribution in [0.2, 0.25) is 0 Å². The minimum atomic E-state index is -0.245. The highest BCUT2D eigenvalue weighted by atomic mass is 16.5. The average molecular weight is 767 g/mol. The number of hydrogen-bond acceptors (Lipinski definition) is 6. The second-order valence-electron chi connectivity index (χ2n) is 15.2. The number of carbonyl (C=O) groups excluding carboxylic acids is 4. The molecule has 0 aliphatic rings. The predicted octanol–water partition coefficient (Wildman–Crippen LogP) is 9.13. The molecule has 10 nitrogen and oxygen atoms in total. The molecule has 0 aromatic heterocycles. The molecule has 0 bridgehead atoms. The summed E-state index contributed by atoms with van der Waals surface area (Å²) in [6, 6.07) is 0. The van der Waals surface area contributed by atoms with Gasteiger partial charge in [-0.1, -0.05) is 156 Å². The lowest BCUT2D eigenvalue weighted by atomic mass is 10.1. The zero-order chi connectivity index (χ0) is 39.7. The van der Waals surface area contributed by atoms with Gasteiger partial charge >= 0.3 is 0 Å². The van der Waals surface area contributed by atoms with E-state index < -0.39 is 0 Å². The average Bonchev–Trinajstić information content (AvgIpc) is 3.16. The summed E-state index contributed by atoms with van der Waals surface area (Å²) < 4.78 is 11.0. The van der Waals surface area contributed by atoms with E-state index in [0.717, 1.165) is 77.5 Å². The van der Waals surface area contributed by atoms with Crippen LogP contribution in [0.4, 0.5) is 0 Å². The lowest BCUT2D eigenvalue weighted by Crippen LogP contribution is -2.37. The predicted molar refractivity (Wildman–Crippen MR) is 224 cm³/mol. The van der Waals surface area contributed by atoms with Crippen LogP contribution < -0.4 is 10.6 Å². The summed E-state index contributed by atoms with van der Waals surface area (Å²) in [7, 11) is 0. The molecule has 0 aromatic carbocycles. The normalized spacial score (nSPS) is 11.1. The molecule has 0 heterocycles. The van der Waals surface area contributed by atoms with Crippen LogP contribution in [-0.2, 0) is 28.7 Å². The summed E-state index contributed by atoms with van der Waals surface area (Å²) in [5.41, 5.74) is 0. The molecule has 0 fully saturated rings. The van der Waals surface area contributed by atoms with Crippen molar-refractivity contribution in [2.24, 2.45) is 0 Å². The van der Waals surface area contributed by atoms with Crippen molar-refractivity contribution in [2.75, 3.05) is 65.7 Å². The van der Waals surface area contributed by atoms with Crippen LogP contribution in [0.1, 0.15) is 195 Å².